The van der Waals surface area contributed by atoms with Crippen LogP contribution in [0.5, 0.6) is 11.5 Å². The van der Waals surface area contributed by atoms with Crippen LogP contribution in [0.25, 0.3) is 0 Å². The summed E-state index contributed by atoms with van der Waals surface area (Å²) in [5.74, 6) is 1.34. The van der Waals surface area contributed by atoms with E-state index >= 15 is 0 Å². The van der Waals surface area contributed by atoms with Gasteiger partial charge in [-0.25, -0.2) is 0 Å². The Labute approximate surface area is 118 Å². The Morgan fingerprint density at radius 2 is 1.72 bits per heavy atom. The molecule has 0 radical (unpaired) electrons. The van der Waals surface area contributed by atoms with Crippen LogP contribution in [0.1, 0.15) is 26.3 Å². The molecule has 0 amide bonds. The largest absolute Gasteiger partial charge is 0.497 e. The van der Waals surface area contributed by atoms with E-state index in [1.54, 1.807) is 19.2 Å². The van der Waals surface area contributed by atoms with Crippen molar-refractivity contribution in [1.82, 2.24) is 0 Å². The Hall–Kier alpha value is -0.250. The van der Waals surface area contributed by atoms with Crippen molar-refractivity contribution in [3.05, 3.63) is 23.8 Å². The second kappa shape index (κ2) is 6.78. The molecule has 0 N–H and O–H groups in total. The molecule has 0 aliphatic heterocycles. The predicted molar refractivity (Wildman–Crippen MR) is 73.1 cm³/mol. The van der Waals surface area contributed by atoms with Gasteiger partial charge in [0.1, 0.15) is 11.5 Å². The van der Waals surface area contributed by atoms with E-state index in [1.807, 2.05) is 6.07 Å². The first kappa shape index (κ1) is 15.8. The topological polar surface area (TPSA) is 36.9 Å². The number of ether oxygens (including phenoxy) is 1. The summed E-state index contributed by atoms with van der Waals surface area (Å²) in [6.45, 7) is 6.17. The van der Waals surface area contributed by atoms with Crippen LogP contribution in [0.2, 0.25) is 0 Å². The summed E-state index contributed by atoms with van der Waals surface area (Å²) in [6, 6.07) is 5.44. The molecule has 0 unspecified atom stereocenters. The Morgan fingerprint density at radius 3 is 2.17 bits per heavy atom. The van der Waals surface area contributed by atoms with E-state index in [2.05, 4.69) is 28.9 Å². The standard InChI is InChI=1S/C11H15Cl2O4P/c1-11(2,3)9-7-8(14-4)5-6-10(9)15-18(16-12)17-13/h5-7H,1-4H3. The van der Waals surface area contributed by atoms with E-state index in [0.717, 1.165) is 11.3 Å². The lowest BCUT2D eigenvalue weighted by Crippen LogP contribution is -2.13. The highest BCUT2D eigenvalue weighted by atomic mass is 35.5. The van der Waals surface area contributed by atoms with E-state index in [9.17, 15) is 0 Å². The van der Waals surface area contributed by atoms with E-state index in [1.165, 1.54) is 0 Å². The lowest BCUT2D eigenvalue weighted by molar-refractivity contribution is 0.400. The summed E-state index contributed by atoms with van der Waals surface area (Å²) in [4.78, 5) is 0. The van der Waals surface area contributed by atoms with Crippen LogP contribution in [-0.2, 0) is 13.6 Å². The molecule has 0 heterocycles. The molecule has 18 heavy (non-hydrogen) atoms. The molecule has 1 aromatic carbocycles. The smallest absolute Gasteiger partial charge is 0.433 e. The van der Waals surface area contributed by atoms with Gasteiger partial charge in [0.15, 0.2) is 0 Å². The first-order valence-electron chi connectivity index (χ1n) is 5.16. The van der Waals surface area contributed by atoms with Crippen LogP contribution in [0.4, 0.5) is 0 Å². The molecule has 0 bridgehead atoms. The minimum Gasteiger partial charge on any atom is -0.497 e. The maximum Gasteiger partial charge on any atom is 0.433 e. The zero-order chi connectivity index (χ0) is 13.8. The molecular weight excluding hydrogens is 298 g/mol. The van der Waals surface area contributed by atoms with Crippen LogP contribution in [-0.4, -0.2) is 7.11 Å². The van der Waals surface area contributed by atoms with E-state index in [4.69, 9.17) is 33.0 Å². The summed E-state index contributed by atoms with van der Waals surface area (Å²) in [5, 5.41) is 0. The molecule has 0 aliphatic carbocycles. The summed E-state index contributed by atoms with van der Waals surface area (Å²) in [5.41, 5.74) is 0.806. The molecule has 0 fully saturated rings. The second-order valence-corrected chi connectivity index (χ2v) is 6.30. The van der Waals surface area contributed by atoms with Crippen molar-refractivity contribution < 1.29 is 17.4 Å². The Kier molecular flexibility index (Phi) is 5.96. The van der Waals surface area contributed by atoms with Crippen LogP contribution in [0.15, 0.2) is 18.2 Å². The minimum atomic E-state index is -1.82. The highest BCUT2D eigenvalue weighted by Gasteiger charge is 2.23. The molecule has 0 atom stereocenters. The van der Waals surface area contributed by atoms with Crippen molar-refractivity contribution in [3.63, 3.8) is 0 Å². The van der Waals surface area contributed by atoms with Gasteiger partial charge >= 0.3 is 8.60 Å². The molecule has 1 rings (SSSR count). The monoisotopic (exact) mass is 312 g/mol. The highest BCUT2D eigenvalue weighted by Crippen LogP contribution is 2.46. The summed E-state index contributed by atoms with van der Waals surface area (Å²) >= 11 is 10.4. The zero-order valence-corrected chi connectivity index (χ0v) is 13.0. The molecule has 102 valence electrons. The van der Waals surface area contributed by atoms with Gasteiger partial charge in [0, 0.05) is 5.56 Å². The SMILES string of the molecule is COc1ccc(OP(OCl)OCl)c(C(C)(C)C)c1. The molecule has 0 aliphatic rings. The second-order valence-electron chi connectivity index (χ2n) is 4.56. The zero-order valence-electron chi connectivity index (χ0n) is 10.6. The van der Waals surface area contributed by atoms with E-state index < -0.39 is 8.60 Å². The van der Waals surface area contributed by atoms with Crippen molar-refractivity contribution in [2.24, 2.45) is 0 Å². The average molecular weight is 313 g/mol. The fraction of sp³-hybridized carbons (Fsp3) is 0.455. The van der Waals surface area contributed by atoms with Gasteiger partial charge in [-0.3, -0.25) is 0 Å². The molecule has 4 nitrogen and oxygen atoms in total. The van der Waals surface area contributed by atoms with Gasteiger partial charge in [-0.2, -0.15) is 8.15 Å². The lowest BCUT2D eigenvalue weighted by Gasteiger charge is -2.23. The highest BCUT2D eigenvalue weighted by molar-refractivity contribution is 7.44. The van der Waals surface area contributed by atoms with Crippen molar-refractivity contribution in [2.45, 2.75) is 26.2 Å². The van der Waals surface area contributed by atoms with E-state index in [-0.39, 0.29) is 5.41 Å². The fourth-order valence-corrected chi connectivity index (χ4v) is 2.24. The quantitative estimate of drug-likeness (QED) is 0.722. The van der Waals surface area contributed by atoms with Crippen LogP contribution in [0.3, 0.4) is 0 Å². The number of halogens is 2. The van der Waals surface area contributed by atoms with Gasteiger partial charge in [0.05, 0.1) is 30.8 Å². The lowest BCUT2D eigenvalue weighted by atomic mass is 9.86. The molecule has 0 saturated heterocycles. The number of methoxy groups -OCH3 is 1. The van der Waals surface area contributed by atoms with E-state index in [0.29, 0.717) is 5.75 Å². The molecular formula is C11H15Cl2O4P. The number of rotatable bonds is 5. The minimum absolute atomic E-state index is 0.135. The van der Waals surface area contributed by atoms with Crippen molar-refractivity contribution >= 4 is 32.3 Å². The normalized spacial score (nSPS) is 11.7. The third kappa shape index (κ3) is 4.15. The van der Waals surface area contributed by atoms with Crippen molar-refractivity contribution in [2.75, 3.05) is 7.11 Å². The maximum atomic E-state index is 5.47. The maximum absolute atomic E-state index is 5.47. The summed E-state index contributed by atoms with van der Waals surface area (Å²) in [6.07, 6.45) is 0. The van der Waals surface area contributed by atoms with Crippen LogP contribution < -0.4 is 9.26 Å². The molecule has 7 heteroatoms. The Bertz CT molecular complexity index is 391. The first-order valence-corrected chi connectivity index (χ1v) is 6.87. The molecule has 0 saturated carbocycles. The average Bonchev–Trinajstić information content (AvgIpc) is 2.34. The van der Waals surface area contributed by atoms with Crippen molar-refractivity contribution in [3.8, 4) is 11.5 Å². The van der Waals surface area contributed by atoms with Gasteiger partial charge in [-0.05, 0) is 23.6 Å². The van der Waals surface area contributed by atoms with Gasteiger partial charge < -0.3 is 9.26 Å². The predicted octanol–water partition coefficient (Wildman–Crippen LogP) is 4.94. The van der Waals surface area contributed by atoms with Gasteiger partial charge in [-0.1, -0.05) is 20.8 Å². The fourth-order valence-electron chi connectivity index (χ4n) is 1.42. The summed E-state index contributed by atoms with van der Waals surface area (Å²) in [7, 11) is -0.210. The molecule has 1 aromatic rings. The summed E-state index contributed by atoms with van der Waals surface area (Å²) < 4.78 is 19.6. The number of hydrogen-bond acceptors (Lipinski definition) is 4. The van der Waals surface area contributed by atoms with Crippen molar-refractivity contribution in [1.29, 1.82) is 0 Å². The Morgan fingerprint density at radius 1 is 1.11 bits per heavy atom. The first-order chi connectivity index (χ1) is 8.42. The van der Waals surface area contributed by atoms with Gasteiger partial charge in [0.2, 0.25) is 0 Å². The third-order valence-electron chi connectivity index (χ3n) is 2.28. The number of benzene rings is 1. The molecule has 0 aromatic heterocycles. The van der Waals surface area contributed by atoms with Crippen LogP contribution >= 0.6 is 32.3 Å². The van der Waals surface area contributed by atoms with Crippen LogP contribution in [0, 0.1) is 0 Å². The number of hydrogen-bond donors (Lipinski definition) is 0. The molecule has 0 spiro atoms. The van der Waals surface area contributed by atoms with Gasteiger partial charge in [0.25, 0.3) is 0 Å². The van der Waals surface area contributed by atoms with Gasteiger partial charge in [-0.15, -0.1) is 0 Å². The third-order valence-corrected chi connectivity index (χ3v) is 3.53. The Balaban J connectivity index is 3.10.